The van der Waals surface area contributed by atoms with Gasteiger partial charge in [-0.2, -0.15) is 0 Å². The molecule has 0 aliphatic rings. The standard InChI is InChI=1S/C21H18Cl2N2O3S/c1-13-3-8-20(14(2)9-13)25-29(27,28)18-6-4-17(5-7-18)24-12-15-10-16(22)11-19(23)21(15)26/h3-12,25-26H,1-2H3. The Bertz CT molecular complexity index is 1190. The number of halogens is 2. The molecular weight excluding hydrogens is 431 g/mol. The first-order valence-corrected chi connectivity index (χ1v) is 10.8. The number of nitrogens with zero attached hydrogens (tertiary/aromatic N) is 1. The van der Waals surface area contributed by atoms with Gasteiger partial charge in [-0.15, -0.1) is 0 Å². The third-order valence-corrected chi connectivity index (χ3v) is 6.07. The maximum Gasteiger partial charge on any atom is 0.261 e. The molecule has 150 valence electrons. The fraction of sp³-hybridized carbons (Fsp3) is 0.0952. The van der Waals surface area contributed by atoms with Crippen molar-refractivity contribution in [3.05, 3.63) is 81.3 Å². The molecule has 0 saturated carbocycles. The monoisotopic (exact) mass is 448 g/mol. The van der Waals surface area contributed by atoms with Crippen LogP contribution in [-0.4, -0.2) is 19.7 Å². The molecule has 3 rings (SSSR count). The van der Waals surface area contributed by atoms with Crippen LogP contribution in [0.1, 0.15) is 16.7 Å². The van der Waals surface area contributed by atoms with E-state index in [0.717, 1.165) is 11.1 Å². The third kappa shape index (κ3) is 5.09. The topological polar surface area (TPSA) is 78.8 Å². The van der Waals surface area contributed by atoms with Gasteiger partial charge in [0.05, 0.1) is 21.3 Å². The Balaban J connectivity index is 1.81. The molecule has 0 unspecified atom stereocenters. The van der Waals surface area contributed by atoms with Crippen LogP contribution >= 0.6 is 23.2 Å². The van der Waals surface area contributed by atoms with Crippen molar-refractivity contribution in [2.75, 3.05) is 4.72 Å². The van der Waals surface area contributed by atoms with Crippen molar-refractivity contribution in [2.24, 2.45) is 4.99 Å². The predicted molar refractivity (Wildman–Crippen MR) is 119 cm³/mol. The number of sulfonamides is 1. The van der Waals surface area contributed by atoms with E-state index in [0.29, 0.717) is 22.0 Å². The van der Waals surface area contributed by atoms with Gasteiger partial charge in [0.1, 0.15) is 5.75 Å². The molecule has 29 heavy (non-hydrogen) atoms. The van der Waals surface area contributed by atoms with Gasteiger partial charge in [-0.1, -0.05) is 40.9 Å². The SMILES string of the molecule is Cc1ccc(NS(=O)(=O)c2ccc(N=Cc3cc(Cl)cc(Cl)c3O)cc2)c(C)c1. The van der Waals surface area contributed by atoms with Crippen LogP contribution in [0.3, 0.4) is 0 Å². The first-order chi connectivity index (χ1) is 13.7. The number of phenolic OH excluding ortho intramolecular Hbond substituents is 1. The fourth-order valence-electron chi connectivity index (χ4n) is 2.67. The highest BCUT2D eigenvalue weighted by Crippen LogP contribution is 2.30. The number of nitrogens with one attached hydrogen (secondary N) is 1. The second-order valence-corrected chi connectivity index (χ2v) is 9.03. The molecule has 0 radical (unpaired) electrons. The van der Waals surface area contributed by atoms with E-state index in [9.17, 15) is 13.5 Å². The zero-order chi connectivity index (χ0) is 21.2. The number of hydrogen-bond acceptors (Lipinski definition) is 4. The van der Waals surface area contributed by atoms with Crippen molar-refractivity contribution < 1.29 is 13.5 Å². The maximum atomic E-state index is 12.6. The Labute approximate surface area is 179 Å². The number of aliphatic imine (C=N–C) groups is 1. The molecule has 0 aliphatic heterocycles. The van der Waals surface area contributed by atoms with Crippen molar-refractivity contribution in [3.63, 3.8) is 0 Å². The van der Waals surface area contributed by atoms with E-state index in [1.807, 2.05) is 26.0 Å². The minimum Gasteiger partial charge on any atom is -0.506 e. The zero-order valence-corrected chi connectivity index (χ0v) is 18.0. The number of anilines is 1. The summed E-state index contributed by atoms with van der Waals surface area (Å²) in [7, 11) is -3.73. The maximum absolute atomic E-state index is 12.6. The van der Waals surface area contributed by atoms with Gasteiger partial charge in [0.2, 0.25) is 0 Å². The average molecular weight is 449 g/mol. The van der Waals surface area contributed by atoms with Crippen LogP contribution in [0.5, 0.6) is 5.75 Å². The smallest absolute Gasteiger partial charge is 0.261 e. The minimum absolute atomic E-state index is 0.116. The van der Waals surface area contributed by atoms with Crippen LogP contribution in [0.2, 0.25) is 10.0 Å². The Morgan fingerprint density at radius 2 is 1.69 bits per heavy atom. The molecule has 5 nitrogen and oxygen atoms in total. The highest BCUT2D eigenvalue weighted by molar-refractivity contribution is 7.92. The predicted octanol–water partition coefficient (Wildman–Crippen LogP) is 5.87. The van der Waals surface area contributed by atoms with Crippen LogP contribution in [0.4, 0.5) is 11.4 Å². The normalized spacial score (nSPS) is 11.7. The van der Waals surface area contributed by atoms with E-state index < -0.39 is 10.0 Å². The molecular formula is C21H18Cl2N2O3S. The lowest BCUT2D eigenvalue weighted by molar-refractivity contribution is 0.475. The molecule has 0 aliphatic carbocycles. The summed E-state index contributed by atoms with van der Waals surface area (Å²) < 4.78 is 27.9. The minimum atomic E-state index is -3.73. The fourth-order valence-corrected chi connectivity index (χ4v) is 4.31. The number of hydrogen-bond donors (Lipinski definition) is 2. The van der Waals surface area contributed by atoms with Crippen LogP contribution in [0, 0.1) is 13.8 Å². The van der Waals surface area contributed by atoms with Gasteiger partial charge >= 0.3 is 0 Å². The lowest BCUT2D eigenvalue weighted by Gasteiger charge is -2.11. The molecule has 0 heterocycles. The largest absolute Gasteiger partial charge is 0.506 e. The Morgan fingerprint density at radius 3 is 2.34 bits per heavy atom. The van der Waals surface area contributed by atoms with Crippen molar-refractivity contribution in [1.29, 1.82) is 0 Å². The highest BCUT2D eigenvalue weighted by Gasteiger charge is 2.15. The molecule has 2 N–H and O–H groups in total. The van der Waals surface area contributed by atoms with E-state index in [-0.39, 0.29) is 15.7 Å². The molecule has 3 aromatic rings. The first kappa shape index (κ1) is 21.2. The molecule has 0 aromatic heterocycles. The number of aromatic hydroxyl groups is 1. The van der Waals surface area contributed by atoms with Crippen LogP contribution < -0.4 is 4.72 Å². The molecule has 0 saturated heterocycles. The third-order valence-electron chi connectivity index (χ3n) is 4.18. The van der Waals surface area contributed by atoms with Gasteiger partial charge in [-0.25, -0.2) is 8.42 Å². The summed E-state index contributed by atoms with van der Waals surface area (Å²) in [6.45, 7) is 3.79. The number of rotatable bonds is 5. The molecule has 0 amide bonds. The molecule has 0 fully saturated rings. The average Bonchev–Trinajstić information content (AvgIpc) is 2.66. The van der Waals surface area contributed by atoms with Crippen molar-refractivity contribution in [3.8, 4) is 5.75 Å². The van der Waals surface area contributed by atoms with Crippen LogP contribution in [0.15, 0.2) is 64.5 Å². The van der Waals surface area contributed by atoms with E-state index in [1.54, 1.807) is 18.2 Å². The van der Waals surface area contributed by atoms with Crippen molar-refractivity contribution >= 4 is 50.8 Å². The summed E-state index contributed by atoms with van der Waals surface area (Å²) in [5.74, 6) is -0.128. The Morgan fingerprint density at radius 1 is 1.00 bits per heavy atom. The van der Waals surface area contributed by atoms with E-state index in [4.69, 9.17) is 23.2 Å². The summed E-state index contributed by atoms with van der Waals surface area (Å²) in [5.41, 5.74) is 3.29. The van der Waals surface area contributed by atoms with Gasteiger partial charge in [0, 0.05) is 16.8 Å². The van der Waals surface area contributed by atoms with Gasteiger partial charge < -0.3 is 5.11 Å². The highest BCUT2D eigenvalue weighted by atomic mass is 35.5. The molecule has 0 spiro atoms. The van der Waals surface area contributed by atoms with Gasteiger partial charge in [0.15, 0.2) is 0 Å². The van der Waals surface area contributed by atoms with Gasteiger partial charge in [0.25, 0.3) is 10.0 Å². The number of benzene rings is 3. The second kappa shape index (κ2) is 8.45. The second-order valence-electron chi connectivity index (χ2n) is 6.50. The van der Waals surface area contributed by atoms with Crippen molar-refractivity contribution in [1.82, 2.24) is 0 Å². The molecule has 0 bridgehead atoms. The van der Waals surface area contributed by atoms with Gasteiger partial charge in [-0.05, 0) is 61.9 Å². The van der Waals surface area contributed by atoms with E-state index in [2.05, 4.69) is 9.71 Å². The van der Waals surface area contributed by atoms with Crippen molar-refractivity contribution in [2.45, 2.75) is 18.7 Å². The molecule has 3 aromatic carbocycles. The summed E-state index contributed by atoms with van der Waals surface area (Å²) in [6.07, 6.45) is 1.41. The van der Waals surface area contributed by atoms with Crippen LogP contribution in [-0.2, 0) is 10.0 Å². The Kier molecular flexibility index (Phi) is 6.17. The number of phenols is 1. The summed E-state index contributed by atoms with van der Waals surface area (Å²) >= 11 is 11.8. The van der Waals surface area contributed by atoms with Crippen LogP contribution in [0.25, 0.3) is 0 Å². The number of aryl methyl sites for hydroxylation is 2. The Hall–Kier alpha value is -2.54. The van der Waals surface area contributed by atoms with E-state index >= 15 is 0 Å². The quantitative estimate of drug-likeness (QED) is 0.479. The molecule has 0 atom stereocenters. The van der Waals surface area contributed by atoms with Gasteiger partial charge in [-0.3, -0.25) is 9.71 Å². The summed E-state index contributed by atoms with van der Waals surface area (Å²) in [5, 5.41) is 10.5. The molecule has 8 heteroatoms. The zero-order valence-electron chi connectivity index (χ0n) is 15.6. The lowest BCUT2D eigenvalue weighted by atomic mass is 10.1. The summed E-state index contributed by atoms with van der Waals surface area (Å²) in [4.78, 5) is 4.35. The first-order valence-electron chi connectivity index (χ1n) is 8.58. The summed E-state index contributed by atoms with van der Waals surface area (Å²) in [6, 6.07) is 14.5. The van der Waals surface area contributed by atoms with E-state index in [1.165, 1.54) is 30.5 Å². The lowest BCUT2D eigenvalue weighted by Crippen LogP contribution is -2.13.